The van der Waals surface area contributed by atoms with Crippen LogP contribution in [0.4, 0.5) is 0 Å². The van der Waals surface area contributed by atoms with Crippen LogP contribution in [0.15, 0.2) is 0 Å². The van der Waals surface area contributed by atoms with Crippen molar-refractivity contribution in [2.24, 2.45) is 0 Å². The van der Waals surface area contributed by atoms with E-state index in [9.17, 15) is 0 Å². The Balaban J connectivity index is 3.07. The number of rotatable bonds is 4. The molecule has 0 atom stereocenters. The molecule has 0 aliphatic carbocycles. The van der Waals surface area contributed by atoms with Crippen LogP contribution in [-0.4, -0.2) is 31.0 Å². The maximum atomic E-state index is 2.48. The Morgan fingerprint density at radius 2 is 1.78 bits per heavy atom. The first-order chi connectivity index (χ1) is 4.06. The standard InChI is InChI=1S/C5H13Si.C2H5.In/c1-5-6(2,3)4;1-2;/h1,5H2,2-4H3;1H2,2H3;. The SMILES string of the molecule is C[CH2][In][CH2]C[Si](C)(C)C. The predicted molar refractivity (Wildman–Crippen MR) is 49.2 cm³/mol. The van der Waals surface area contributed by atoms with Gasteiger partial charge in [0.05, 0.1) is 0 Å². The molecule has 0 saturated heterocycles. The molecule has 0 nitrogen and oxygen atoms in total. The summed E-state index contributed by atoms with van der Waals surface area (Å²) in [6.45, 7) is 9.78. The second-order valence-electron chi connectivity index (χ2n) is 3.80. The minimum atomic E-state index is -0.647. The van der Waals surface area contributed by atoms with Crippen molar-refractivity contribution in [3.8, 4) is 0 Å². The van der Waals surface area contributed by atoms with Crippen LogP contribution >= 0.6 is 0 Å². The molecule has 0 fully saturated rings. The van der Waals surface area contributed by atoms with Gasteiger partial charge in [0.1, 0.15) is 0 Å². The molecule has 0 bridgehead atoms. The Labute approximate surface area is 71.8 Å². The van der Waals surface area contributed by atoms with Crippen LogP contribution in [0.5, 0.6) is 0 Å². The van der Waals surface area contributed by atoms with E-state index in [-0.39, 0.29) is 22.9 Å². The molecule has 0 N–H and O–H groups in total. The summed E-state index contributed by atoms with van der Waals surface area (Å²) in [6.07, 6.45) is 0. The Kier molecular flexibility index (Phi) is 5.42. The Morgan fingerprint density at radius 3 is 2.11 bits per heavy atom. The van der Waals surface area contributed by atoms with Gasteiger partial charge in [0, 0.05) is 0 Å². The fourth-order valence-corrected chi connectivity index (χ4v) is 12.1. The van der Waals surface area contributed by atoms with E-state index in [2.05, 4.69) is 26.6 Å². The number of hydrogen-bond acceptors (Lipinski definition) is 0. The van der Waals surface area contributed by atoms with Crippen molar-refractivity contribution in [1.82, 2.24) is 0 Å². The third-order valence-corrected chi connectivity index (χ3v) is 8.46. The molecular formula is C7H18InSi. The van der Waals surface area contributed by atoms with E-state index >= 15 is 0 Å². The average molecular weight is 245 g/mol. The molecule has 1 radical (unpaired) electrons. The summed E-state index contributed by atoms with van der Waals surface area (Å²) in [4.78, 5) is 0. The predicted octanol–water partition coefficient (Wildman–Crippen LogP) is 2.89. The molecule has 9 heavy (non-hydrogen) atoms. The van der Waals surface area contributed by atoms with E-state index in [1.807, 2.05) is 0 Å². The van der Waals surface area contributed by atoms with E-state index < -0.39 is 8.07 Å². The first-order valence-corrected chi connectivity index (χ1v) is 12.2. The molecular weight excluding hydrogens is 227 g/mol. The summed E-state index contributed by atoms with van der Waals surface area (Å²) in [6, 6.07) is 1.60. The first kappa shape index (κ1) is 10.1. The molecule has 53 valence electrons. The van der Waals surface area contributed by atoms with Gasteiger partial charge in [-0.15, -0.1) is 0 Å². The van der Waals surface area contributed by atoms with Crippen LogP contribution in [0.1, 0.15) is 6.92 Å². The fourth-order valence-electron chi connectivity index (χ4n) is 0.739. The molecule has 0 aromatic carbocycles. The molecule has 0 rings (SSSR count). The Hall–Kier alpha value is 1.09. The summed E-state index contributed by atoms with van der Waals surface area (Å²) in [5.41, 5.74) is 0. The number of hydrogen-bond donors (Lipinski definition) is 0. The molecule has 0 aromatic heterocycles. The topological polar surface area (TPSA) is 0 Å². The van der Waals surface area contributed by atoms with Crippen LogP contribution in [0, 0.1) is 0 Å². The van der Waals surface area contributed by atoms with E-state index in [0.29, 0.717) is 0 Å². The van der Waals surface area contributed by atoms with Gasteiger partial charge in [0.25, 0.3) is 0 Å². The van der Waals surface area contributed by atoms with Crippen LogP contribution in [0.2, 0.25) is 34.0 Å². The zero-order chi connectivity index (χ0) is 7.33. The van der Waals surface area contributed by atoms with E-state index in [0.717, 1.165) is 0 Å². The monoisotopic (exact) mass is 245 g/mol. The van der Waals surface area contributed by atoms with Crippen LogP contribution in [0.3, 0.4) is 0 Å². The summed E-state index contributed by atoms with van der Waals surface area (Å²) >= 11 is -0.0128. The molecule has 0 aliphatic rings. The van der Waals surface area contributed by atoms with Crippen LogP contribution < -0.4 is 0 Å². The van der Waals surface area contributed by atoms with Gasteiger partial charge in [0.15, 0.2) is 0 Å². The van der Waals surface area contributed by atoms with Gasteiger partial charge in [0.2, 0.25) is 0 Å². The van der Waals surface area contributed by atoms with Crippen LogP contribution in [0.25, 0.3) is 0 Å². The maximum absolute atomic E-state index is 2.48. The van der Waals surface area contributed by atoms with E-state index in [4.69, 9.17) is 0 Å². The van der Waals surface area contributed by atoms with Gasteiger partial charge in [-0.1, -0.05) is 0 Å². The molecule has 0 aromatic rings. The minimum absolute atomic E-state index is 0.0128. The van der Waals surface area contributed by atoms with Crippen molar-refractivity contribution in [2.45, 2.75) is 41.0 Å². The van der Waals surface area contributed by atoms with Crippen molar-refractivity contribution in [3.05, 3.63) is 0 Å². The third kappa shape index (κ3) is 9.09. The first-order valence-electron chi connectivity index (χ1n) is 3.88. The van der Waals surface area contributed by atoms with Gasteiger partial charge in [-0.05, 0) is 0 Å². The van der Waals surface area contributed by atoms with Crippen molar-refractivity contribution in [2.75, 3.05) is 0 Å². The zero-order valence-electron chi connectivity index (χ0n) is 7.20. The van der Waals surface area contributed by atoms with Crippen LogP contribution in [-0.2, 0) is 0 Å². The second-order valence-corrected chi connectivity index (χ2v) is 15.0. The quantitative estimate of drug-likeness (QED) is 0.527. The van der Waals surface area contributed by atoms with Gasteiger partial charge in [-0.2, -0.15) is 0 Å². The van der Waals surface area contributed by atoms with E-state index in [1.165, 1.54) is 0 Å². The zero-order valence-corrected chi connectivity index (χ0v) is 11.5. The summed E-state index contributed by atoms with van der Waals surface area (Å²) in [5.74, 6) is 0. The Morgan fingerprint density at radius 1 is 1.22 bits per heavy atom. The molecule has 0 aliphatic heterocycles. The molecule has 0 saturated carbocycles. The van der Waals surface area contributed by atoms with E-state index in [1.54, 1.807) is 14.4 Å². The summed E-state index contributed by atoms with van der Waals surface area (Å²) in [7, 11) is -0.647. The molecule has 0 spiro atoms. The second kappa shape index (κ2) is 4.83. The van der Waals surface area contributed by atoms with Gasteiger partial charge >= 0.3 is 71.9 Å². The van der Waals surface area contributed by atoms with Gasteiger partial charge in [-0.3, -0.25) is 0 Å². The van der Waals surface area contributed by atoms with Crippen molar-refractivity contribution >= 4 is 31.0 Å². The van der Waals surface area contributed by atoms with Crippen molar-refractivity contribution in [1.29, 1.82) is 0 Å². The molecule has 2 heteroatoms. The van der Waals surface area contributed by atoms with Gasteiger partial charge in [-0.25, -0.2) is 0 Å². The molecule has 0 amide bonds. The van der Waals surface area contributed by atoms with Crippen molar-refractivity contribution in [3.63, 3.8) is 0 Å². The molecule has 0 heterocycles. The van der Waals surface area contributed by atoms with Crippen molar-refractivity contribution < 1.29 is 0 Å². The fraction of sp³-hybridized carbons (Fsp3) is 1.00. The summed E-state index contributed by atoms with van der Waals surface area (Å²) in [5, 5.41) is 0. The third-order valence-electron chi connectivity index (χ3n) is 1.39. The molecule has 0 unspecified atom stereocenters. The Bertz CT molecular complexity index is 65.8. The summed E-state index contributed by atoms with van der Waals surface area (Å²) < 4.78 is 3.21. The van der Waals surface area contributed by atoms with Gasteiger partial charge < -0.3 is 0 Å². The average Bonchev–Trinajstić information content (AvgIpc) is 1.63. The normalized spacial score (nSPS) is 11.6.